The number of carbonyl (C=O) groups excluding carboxylic acids is 3. The van der Waals surface area contributed by atoms with E-state index in [0.29, 0.717) is 5.57 Å². The van der Waals surface area contributed by atoms with Gasteiger partial charge in [0, 0.05) is 0 Å². The molecular formula is C18H23NO6. The average molecular weight is 349 g/mol. The van der Waals surface area contributed by atoms with Gasteiger partial charge in [-0.2, -0.15) is 0 Å². The second-order valence-corrected chi connectivity index (χ2v) is 5.50. The highest BCUT2D eigenvalue weighted by atomic mass is 16.6. The van der Waals surface area contributed by atoms with Crippen LogP contribution in [0, 0.1) is 5.92 Å². The van der Waals surface area contributed by atoms with Gasteiger partial charge >= 0.3 is 18.0 Å². The first-order chi connectivity index (χ1) is 11.9. The number of hydrogen-bond donors (Lipinski definition) is 1. The number of ether oxygens (including phenoxy) is 3. The number of alkyl carbamates (subject to hydrolysis) is 1. The fourth-order valence-electron chi connectivity index (χ4n) is 2.21. The minimum absolute atomic E-state index is 0.0317. The molecule has 0 heterocycles. The summed E-state index contributed by atoms with van der Waals surface area (Å²) in [5, 5.41) is 2.38. The minimum atomic E-state index is -1.24. The summed E-state index contributed by atoms with van der Waals surface area (Å²) in [5.41, 5.74) is 1.45. The summed E-state index contributed by atoms with van der Waals surface area (Å²) in [6.45, 7) is 5.47. The van der Waals surface area contributed by atoms with E-state index in [9.17, 15) is 14.4 Å². The molecule has 136 valence electrons. The predicted molar refractivity (Wildman–Crippen MR) is 90.5 cm³/mol. The third-order valence-electron chi connectivity index (χ3n) is 3.42. The third-order valence-corrected chi connectivity index (χ3v) is 3.42. The predicted octanol–water partition coefficient (Wildman–Crippen LogP) is 2.21. The molecule has 0 spiro atoms. The normalized spacial score (nSPS) is 12.4. The summed E-state index contributed by atoms with van der Waals surface area (Å²) < 4.78 is 14.5. The van der Waals surface area contributed by atoms with Crippen molar-refractivity contribution in [2.75, 3.05) is 14.2 Å². The van der Waals surface area contributed by atoms with Gasteiger partial charge < -0.3 is 19.5 Å². The standard InChI is InChI=1S/C18H23NO6/c1-12(2)10-14(16(20)23-3)15(17(21)24-4)19-18(22)25-11-13-8-6-5-7-9-13/h5-9,14-15H,1,10-11H2,2-4H3,(H,19,22)/t14-,15+/m1/s1. The summed E-state index contributed by atoms with van der Waals surface area (Å²) in [6.07, 6.45) is -0.680. The molecule has 0 saturated carbocycles. The van der Waals surface area contributed by atoms with Crippen molar-refractivity contribution in [2.45, 2.75) is 26.0 Å². The largest absolute Gasteiger partial charge is 0.469 e. The Hall–Kier alpha value is -2.83. The average Bonchev–Trinajstić information content (AvgIpc) is 2.62. The van der Waals surface area contributed by atoms with Crippen LogP contribution in [0.15, 0.2) is 42.5 Å². The molecule has 0 unspecified atom stereocenters. The van der Waals surface area contributed by atoms with Gasteiger partial charge in [-0.05, 0) is 18.9 Å². The molecular weight excluding hydrogens is 326 g/mol. The van der Waals surface area contributed by atoms with E-state index in [4.69, 9.17) is 9.47 Å². The lowest BCUT2D eigenvalue weighted by Gasteiger charge is -2.24. The highest BCUT2D eigenvalue weighted by Gasteiger charge is 2.37. The second-order valence-electron chi connectivity index (χ2n) is 5.50. The van der Waals surface area contributed by atoms with E-state index in [1.165, 1.54) is 14.2 Å². The van der Waals surface area contributed by atoms with E-state index in [1.807, 2.05) is 18.2 Å². The molecule has 0 aliphatic heterocycles. The molecule has 0 aliphatic rings. The first-order valence-corrected chi connectivity index (χ1v) is 7.66. The lowest BCUT2D eigenvalue weighted by atomic mass is 9.93. The van der Waals surface area contributed by atoms with E-state index >= 15 is 0 Å². The monoisotopic (exact) mass is 349 g/mol. The molecule has 0 bridgehead atoms. The molecule has 0 fully saturated rings. The fourth-order valence-corrected chi connectivity index (χ4v) is 2.21. The van der Waals surface area contributed by atoms with Gasteiger partial charge in [-0.25, -0.2) is 9.59 Å². The molecule has 7 heteroatoms. The molecule has 25 heavy (non-hydrogen) atoms. The molecule has 1 N–H and O–H groups in total. The number of amides is 1. The van der Waals surface area contributed by atoms with Gasteiger partial charge in [0.1, 0.15) is 12.6 Å². The van der Waals surface area contributed by atoms with E-state index < -0.39 is 30.0 Å². The zero-order chi connectivity index (χ0) is 18.8. The Morgan fingerprint density at radius 2 is 1.68 bits per heavy atom. The highest BCUT2D eigenvalue weighted by Crippen LogP contribution is 2.18. The van der Waals surface area contributed by atoms with Crippen LogP contribution in [0.4, 0.5) is 4.79 Å². The first-order valence-electron chi connectivity index (χ1n) is 7.66. The molecule has 7 nitrogen and oxygen atoms in total. The number of esters is 2. The molecule has 0 radical (unpaired) electrons. The van der Waals surface area contributed by atoms with Gasteiger partial charge in [0.2, 0.25) is 0 Å². The number of methoxy groups -OCH3 is 2. The van der Waals surface area contributed by atoms with Crippen LogP contribution in [0.5, 0.6) is 0 Å². The number of nitrogens with one attached hydrogen (secondary N) is 1. The van der Waals surface area contributed by atoms with Gasteiger partial charge in [-0.15, -0.1) is 6.58 Å². The van der Waals surface area contributed by atoms with Crippen LogP contribution in [0.2, 0.25) is 0 Å². The quantitative estimate of drug-likeness (QED) is 0.440. The van der Waals surface area contributed by atoms with E-state index in [2.05, 4.69) is 16.6 Å². The van der Waals surface area contributed by atoms with Crippen molar-refractivity contribution in [3.63, 3.8) is 0 Å². The molecule has 1 rings (SSSR count). The maximum atomic E-state index is 12.0. The molecule has 2 atom stereocenters. The number of hydrogen-bond acceptors (Lipinski definition) is 6. The van der Waals surface area contributed by atoms with Crippen molar-refractivity contribution in [3.8, 4) is 0 Å². The third kappa shape index (κ3) is 6.66. The van der Waals surface area contributed by atoms with E-state index in [1.54, 1.807) is 19.1 Å². The van der Waals surface area contributed by atoms with Gasteiger partial charge in [0.25, 0.3) is 0 Å². The summed E-state index contributed by atoms with van der Waals surface area (Å²) in [7, 11) is 2.37. The summed E-state index contributed by atoms with van der Waals surface area (Å²) in [6, 6.07) is 7.82. The number of allylic oxidation sites excluding steroid dienone is 1. The number of rotatable bonds is 8. The van der Waals surface area contributed by atoms with Crippen LogP contribution >= 0.6 is 0 Å². The number of carbonyl (C=O) groups is 3. The second kappa shape index (κ2) is 10.1. The minimum Gasteiger partial charge on any atom is -0.469 e. The van der Waals surface area contributed by atoms with Crippen LogP contribution in [-0.2, 0) is 30.4 Å². The van der Waals surface area contributed by atoms with Crippen molar-refractivity contribution >= 4 is 18.0 Å². The SMILES string of the molecule is C=C(C)C[C@@H](C(=O)OC)[C@H](NC(=O)OCc1ccccc1)C(=O)OC. The van der Waals surface area contributed by atoms with E-state index in [0.717, 1.165) is 5.56 Å². The number of benzene rings is 1. The van der Waals surface area contributed by atoms with Crippen LogP contribution in [-0.4, -0.2) is 38.3 Å². The molecule has 1 amide bonds. The highest BCUT2D eigenvalue weighted by molar-refractivity contribution is 5.87. The van der Waals surface area contributed by atoms with Crippen molar-refractivity contribution in [1.29, 1.82) is 0 Å². The zero-order valence-corrected chi connectivity index (χ0v) is 14.6. The zero-order valence-electron chi connectivity index (χ0n) is 14.6. The smallest absolute Gasteiger partial charge is 0.408 e. The summed E-state index contributed by atoms with van der Waals surface area (Å²) >= 11 is 0. The Morgan fingerprint density at radius 1 is 1.08 bits per heavy atom. The van der Waals surface area contributed by atoms with Crippen molar-refractivity contribution in [3.05, 3.63) is 48.0 Å². The summed E-state index contributed by atoms with van der Waals surface area (Å²) in [4.78, 5) is 36.1. The van der Waals surface area contributed by atoms with Crippen LogP contribution < -0.4 is 5.32 Å². The summed E-state index contributed by atoms with van der Waals surface area (Å²) in [5.74, 6) is -2.38. The molecule has 0 aromatic heterocycles. The van der Waals surface area contributed by atoms with Crippen LogP contribution in [0.25, 0.3) is 0 Å². The van der Waals surface area contributed by atoms with Gasteiger partial charge in [0.05, 0.1) is 20.1 Å². The molecule has 1 aromatic carbocycles. The maximum Gasteiger partial charge on any atom is 0.408 e. The van der Waals surface area contributed by atoms with Crippen molar-refractivity contribution < 1.29 is 28.6 Å². The maximum absolute atomic E-state index is 12.0. The van der Waals surface area contributed by atoms with Gasteiger partial charge in [-0.1, -0.05) is 35.9 Å². The Morgan fingerprint density at radius 3 is 2.20 bits per heavy atom. The van der Waals surface area contributed by atoms with Crippen molar-refractivity contribution in [1.82, 2.24) is 5.32 Å². The molecule has 0 aliphatic carbocycles. The van der Waals surface area contributed by atoms with Crippen LogP contribution in [0.3, 0.4) is 0 Å². The van der Waals surface area contributed by atoms with Gasteiger partial charge in [0.15, 0.2) is 0 Å². The first kappa shape index (κ1) is 20.2. The molecule has 1 aromatic rings. The Kier molecular flexibility index (Phi) is 8.18. The lowest BCUT2D eigenvalue weighted by Crippen LogP contribution is -2.49. The molecule has 0 saturated heterocycles. The Balaban J connectivity index is 2.82. The van der Waals surface area contributed by atoms with Crippen LogP contribution in [0.1, 0.15) is 18.9 Å². The van der Waals surface area contributed by atoms with E-state index in [-0.39, 0.29) is 13.0 Å². The Labute approximate surface area is 146 Å². The Bertz CT molecular complexity index is 613. The lowest BCUT2D eigenvalue weighted by molar-refractivity contribution is -0.154. The fraction of sp³-hybridized carbons (Fsp3) is 0.389. The van der Waals surface area contributed by atoms with Gasteiger partial charge in [-0.3, -0.25) is 4.79 Å². The topological polar surface area (TPSA) is 90.9 Å². The van der Waals surface area contributed by atoms with Crippen molar-refractivity contribution in [2.24, 2.45) is 5.92 Å².